The summed E-state index contributed by atoms with van der Waals surface area (Å²) < 4.78 is 3.71. The number of benzene rings is 1. The van der Waals surface area contributed by atoms with Crippen LogP contribution in [0.4, 0.5) is 0 Å². The van der Waals surface area contributed by atoms with E-state index in [-0.39, 0.29) is 11.9 Å². The highest BCUT2D eigenvalue weighted by Gasteiger charge is 2.19. The predicted molar refractivity (Wildman–Crippen MR) is 92.8 cm³/mol. The number of hydrogen-bond donors (Lipinski definition) is 1. The number of rotatable bonds is 4. The highest BCUT2D eigenvalue weighted by atomic mass is 32.1. The van der Waals surface area contributed by atoms with Crippen molar-refractivity contribution < 1.29 is 4.79 Å². The van der Waals surface area contributed by atoms with Crippen molar-refractivity contribution >= 4 is 28.8 Å². The zero-order valence-electron chi connectivity index (χ0n) is 13.0. The van der Waals surface area contributed by atoms with Crippen LogP contribution >= 0.6 is 22.9 Å². The topological polar surface area (TPSA) is 67.8 Å². The number of nitrogens with zero attached hydrogens (tertiary/aromatic N) is 3. The molecule has 0 radical (unpaired) electrons. The fraction of sp³-hybridized carbons (Fsp3) is 0.250. The molecule has 3 rings (SSSR count). The summed E-state index contributed by atoms with van der Waals surface area (Å²) in [5.41, 5.74) is 3.61. The van der Waals surface area contributed by atoms with Gasteiger partial charge in [0.1, 0.15) is 5.01 Å². The minimum atomic E-state index is -0.212. The number of nitrogens with one attached hydrogen (secondary N) is 1. The normalized spacial score (nSPS) is 12.1. The van der Waals surface area contributed by atoms with Crippen LogP contribution < -0.4 is 5.32 Å². The van der Waals surface area contributed by atoms with E-state index >= 15 is 0 Å². The van der Waals surface area contributed by atoms with Crippen molar-refractivity contribution in [3.8, 4) is 10.6 Å². The fourth-order valence-electron chi connectivity index (χ4n) is 2.23. The maximum absolute atomic E-state index is 12.1. The molecule has 1 amide bonds. The molecular formula is C16H16N4OS2. The standard InChI is InChI=1S/C16H16N4OS2/c1-9-4-6-12(7-5-9)16-18-11(3)14(23-16)10(2)17-15(21)13-8-22-20-19-13/h4-8,10H,1-3H3,(H,17,21)/t10-/m0/s1. The summed E-state index contributed by atoms with van der Waals surface area (Å²) in [6.07, 6.45) is 0. The van der Waals surface area contributed by atoms with Gasteiger partial charge in [0.15, 0.2) is 5.69 Å². The molecule has 0 fully saturated rings. The van der Waals surface area contributed by atoms with E-state index in [1.807, 2.05) is 13.8 Å². The summed E-state index contributed by atoms with van der Waals surface area (Å²) in [4.78, 5) is 17.8. The molecule has 0 unspecified atom stereocenters. The first-order chi connectivity index (χ1) is 11.0. The zero-order chi connectivity index (χ0) is 16.4. The van der Waals surface area contributed by atoms with Crippen LogP contribution in [-0.4, -0.2) is 20.5 Å². The summed E-state index contributed by atoms with van der Waals surface area (Å²) in [6.45, 7) is 5.99. The molecule has 118 valence electrons. The van der Waals surface area contributed by atoms with E-state index in [1.54, 1.807) is 16.7 Å². The van der Waals surface area contributed by atoms with Gasteiger partial charge in [-0.3, -0.25) is 4.79 Å². The van der Waals surface area contributed by atoms with E-state index in [1.165, 1.54) is 5.56 Å². The van der Waals surface area contributed by atoms with Gasteiger partial charge in [-0.2, -0.15) is 0 Å². The molecule has 0 spiro atoms. The minimum absolute atomic E-state index is 0.124. The van der Waals surface area contributed by atoms with Gasteiger partial charge in [-0.15, -0.1) is 16.4 Å². The van der Waals surface area contributed by atoms with Crippen LogP contribution in [0.1, 0.15) is 39.6 Å². The molecule has 1 N–H and O–H groups in total. The summed E-state index contributed by atoms with van der Waals surface area (Å²) in [7, 11) is 0. The number of thiazole rings is 1. The van der Waals surface area contributed by atoms with E-state index in [4.69, 9.17) is 0 Å². The van der Waals surface area contributed by atoms with Gasteiger partial charge < -0.3 is 5.32 Å². The average Bonchev–Trinajstić information content (AvgIpc) is 3.17. The molecule has 1 atom stereocenters. The Kier molecular flexibility index (Phi) is 4.49. The Morgan fingerprint density at radius 3 is 2.61 bits per heavy atom. The molecule has 0 aliphatic rings. The first kappa shape index (κ1) is 15.8. The monoisotopic (exact) mass is 344 g/mol. The van der Waals surface area contributed by atoms with Crippen molar-refractivity contribution in [2.24, 2.45) is 0 Å². The van der Waals surface area contributed by atoms with Gasteiger partial charge in [0, 0.05) is 10.9 Å². The van der Waals surface area contributed by atoms with Crippen LogP contribution in [0.2, 0.25) is 0 Å². The molecular weight excluding hydrogens is 328 g/mol. The summed E-state index contributed by atoms with van der Waals surface area (Å²) in [5, 5.41) is 9.34. The Balaban J connectivity index is 1.80. The maximum Gasteiger partial charge on any atom is 0.273 e. The Labute approximate surface area is 142 Å². The van der Waals surface area contributed by atoms with Crippen LogP contribution in [0.5, 0.6) is 0 Å². The first-order valence-electron chi connectivity index (χ1n) is 7.17. The maximum atomic E-state index is 12.1. The zero-order valence-corrected chi connectivity index (χ0v) is 14.7. The number of aryl methyl sites for hydroxylation is 2. The second-order valence-electron chi connectivity index (χ2n) is 5.32. The van der Waals surface area contributed by atoms with E-state index in [0.29, 0.717) is 5.69 Å². The third-order valence-corrected chi connectivity index (χ3v) is 5.36. The van der Waals surface area contributed by atoms with Crippen molar-refractivity contribution in [3.63, 3.8) is 0 Å². The molecule has 7 heteroatoms. The number of carbonyl (C=O) groups excluding carboxylic acids is 1. The number of hydrogen-bond acceptors (Lipinski definition) is 6. The molecule has 0 aliphatic heterocycles. The molecule has 0 saturated heterocycles. The summed E-state index contributed by atoms with van der Waals surface area (Å²) in [6, 6.07) is 8.17. The number of aromatic nitrogens is 3. The van der Waals surface area contributed by atoms with Gasteiger partial charge in [-0.1, -0.05) is 34.3 Å². The van der Waals surface area contributed by atoms with Crippen LogP contribution in [-0.2, 0) is 0 Å². The van der Waals surface area contributed by atoms with Gasteiger partial charge in [0.05, 0.1) is 16.6 Å². The van der Waals surface area contributed by atoms with Crippen LogP contribution in [0.3, 0.4) is 0 Å². The Morgan fingerprint density at radius 1 is 1.22 bits per heavy atom. The SMILES string of the molecule is Cc1ccc(-c2nc(C)c([C@H](C)NC(=O)c3csnn3)s2)cc1. The lowest BCUT2D eigenvalue weighted by Crippen LogP contribution is -2.26. The lowest BCUT2D eigenvalue weighted by Gasteiger charge is -2.11. The largest absolute Gasteiger partial charge is 0.343 e. The Morgan fingerprint density at radius 2 is 1.96 bits per heavy atom. The van der Waals surface area contributed by atoms with Crippen molar-refractivity contribution in [2.45, 2.75) is 26.8 Å². The fourth-order valence-corrected chi connectivity index (χ4v) is 3.74. The number of amides is 1. The Bertz CT molecular complexity index is 809. The van der Waals surface area contributed by atoms with Gasteiger partial charge >= 0.3 is 0 Å². The second-order valence-corrected chi connectivity index (χ2v) is 6.96. The third kappa shape index (κ3) is 3.46. The minimum Gasteiger partial charge on any atom is -0.343 e. The second kappa shape index (κ2) is 6.55. The lowest BCUT2D eigenvalue weighted by molar-refractivity contribution is 0.0935. The highest BCUT2D eigenvalue weighted by Crippen LogP contribution is 2.31. The summed E-state index contributed by atoms with van der Waals surface area (Å²) in [5.74, 6) is -0.212. The molecule has 1 aromatic carbocycles. The molecule has 2 heterocycles. The van der Waals surface area contributed by atoms with Crippen LogP contribution in [0.15, 0.2) is 29.6 Å². The van der Waals surface area contributed by atoms with E-state index in [0.717, 1.165) is 32.7 Å². The lowest BCUT2D eigenvalue weighted by atomic mass is 10.2. The smallest absolute Gasteiger partial charge is 0.273 e. The number of carbonyl (C=O) groups is 1. The average molecular weight is 344 g/mol. The van der Waals surface area contributed by atoms with Crippen molar-refractivity contribution in [2.75, 3.05) is 0 Å². The molecule has 0 aliphatic carbocycles. The van der Waals surface area contributed by atoms with Crippen molar-refractivity contribution in [1.29, 1.82) is 0 Å². The first-order valence-corrected chi connectivity index (χ1v) is 8.82. The van der Waals surface area contributed by atoms with Gasteiger partial charge in [-0.25, -0.2) is 4.98 Å². The van der Waals surface area contributed by atoms with Gasteiger partial charge in [0.25, 0.3) is 5.91 Å². The van der Waals surface area contributed by atoms with Gasteiger partial charge in [-0.05, 0) is 32.3 Å². The quantitative estimate of drug-likeness (QED) is 0.782. The Hall–Kier alpha value is -2.12. The highest BCUT2D eigenvalue weighted by molar-refractivity contribution is 7.15. The van der Waals surface area contributed by atoms with E-state index in [2.05, 4.69) is 51.1 Å². The van der Waals surface area contributed by atoms with Gasteiger partial charge in [0.2, 0.25) is 0 Å². The molecule has 3 aromatic rings. The van der Waals surface area contributed by atoms with Crippen LogP contribution in [0.25, 0.3) is 10.6 Å². The molecule has 23 heavy (non-hydrogen) atoms. The third-order valence-electron chi connectivity index (χ3n) is 3.46. The predicted octanol–water partition coefficient (Wildman–Crippen LogP) is 3.77. The van der Waals surface area contributed by atoms with Crippen molar-refractivity contribution in [1.82, 2.24) is 19.9 Å². The molecule has 0 saturated carbocycles. The van der Waals surface area contributed by atoms with Crippen LogP contribution in [0, 0.1) is 13.8 Å². The van der Waals surface area contributed by atoms with Crippen molar-refractivity contribution in [3.05, 3.63) is 51.5 Å². The van der Waals surface area contributed by atoms with E-state index in [9.17, 15) is 4.79 Å². The molecule has 5 nitrogen and oxygen atoms in total. The molecule has 0 bridgehead atoms. The summed E-state index contributed by atoms with van der Waals surface area (Å²) >= 11 is 2.77. The van der Waals surface area contributed by atoms with E-state index < -0.39 is 0 Å². The molecule has 2 aromatic heterocycles.